The quantitative estimate of drug-likeness (QED) is 0.651. The van der Waals surface area contributed by atoms with E-state index in [1.54, 1.807) is 0 Å². The van der Waals surface area contributed by atoms with E-state index >= 15 is 0 Å². The zero-order valence-electron chi connectivity index (χ0n) is 8.13. The first-order valence-electron chi connectivity index (χ1n) is 4.85. The van der Waals surface area contributed by atoms with Crippen LogP contribution in [0.3, 0.4) is 0 Å². The van der Waals surface area contributed by atoms with Crippen molar-refractivity contribution >= 4 is 0 Å². The summed E-state index contributed by atoms with van der Waals surface area (Å²) in [4.78, 5) is 0. The SMILES string of the molecule is NCC(O)CCC(O)c1ccccc1. The number of hydrogen-bond acceptors (Lipinski definition) is 3. The van der Waals surface area contributed by atoms with E-state index in [9.17, 15) is 10.2 Å². The Morgan fingerprint density at radius 2 is 1.71 bits per heavy atom. The molecule has 0 aliphatic rings. The molecule has 2 unspecified atom stereocenters. The lowest BCUT2D eigenvalue weighted by Gasteiger charge is -2.12. The lowest BCUT2D eigenvalue weighted by Crippen LogP contribution is -2.20. The summed E-state index contributed by atoms with van der Waals surface area (Å²) in [6.45, 7) is 0.251. The lowest BCUT2D eigenvalue weighted by molar-refractivity contribution is 0.118. The van der Waals surface area contributed by atoms with Gasteiger partial charge in [-0.05, 0) is 18.4 Å². The monoisotopic (exact) mass is 195 g/mol. The Bertz CT molecular complexity index is 251. The molecule has 78 valence electrons. The minimum Gasteiger partial charge on any atom is -0.392 e. The molecule has 1 aromatic rings. The number of rotatable bonds is 5. The van der Waals surface area contributed by atoms with Crippen molar-refractivity contribution in [2.45, 2.75) is 25.0 Å². The van der Waals surface area contributed by atoms with Crippen LogP contribution in [0.4, 0.5) is 0 Å². The van der Waals surface area contributed by atoms with Gasteiger partial charge in [0.15, 0.2) is 0 Å². The molecule has 0 aliphatic heterocycles. The molecule has 3 heteroatoms. The van der Waals surface area contributed by atoms with Crippen molar-refractivity contribution < 1.29 is 10.2 Å². The van der Waals surface area contributed by atoms with Gasteiger partial charge >= 0.3 is 0 Å². The average molecular weight is 195 g/mol. The van der Waals surface area contributed by atoms with Gasteiger partial charge in [-0.25, -0.2) is 0 Å². The second kappa shape index (κ2) is 5.75. The molecule has 3 nitrogen and oxygen atoms in total. The second-order valence-corrected chi connectivity index (χ2v) is 3.39. The molecular formula is C11H17NO2. The first-order valence-corrected chi connectivity index (χ1v) is 4.85. The zero-order chi connectivity index (χ0) is 10.4. The molecular weight excluding hydrogens is 178 g/mol. The predicted molar refractivity (Wildman–Crippen MR) is 55.7 cm³/mol. The number of benzene rings is 1. The van der Waals surface area contributed by atoms with E-state index in [4.69, 9.17) is 5.73 Å². The summed E-state index contributed by atoms with van der Waals surface area (Å²) < 4.78 is 0. The minimum atomic E-state index is -0.506. The highest BCUT2D eigenvalue weighted by atomic mass is 16.3. The van der Waals surface area contributed by atoms with Crippen LogP contribution in [-0.4, -0.2) is 22.9 Å². The summed E-state index contributed by atoms with van der Waals surface area (Å²) in [5.41, 5.74) is 6.15. The molecule has 0 aromatic heterocycles. The largest absolute Gasteiger partial charge is 0.392 e. The molecule has 1 aromatic carbocycles. The number of aliphatic hydroxyl groups excluding tert-OH is 2. The van der Waals surface area contributed by atoms with Crippen LogP contribution in [0.5, 0.6) is 0 Å². The minimum absolute atomic E-state index is 0.251. The molecule has 0 bridgehead atoms. The van der Waals surface area contributed by atoms with Crippen LogP contribution in [0.1, 0.15) is 24.5 Å². The summed E-state index contributed by atoms with van der Waals surface area (Å²) >= 11 is 0. The third-order valence-electron chi connectivity index (χ3n) is 2.23. The molecule has 0 spiro atoms. The van der Waals surface area contributed by atoms with Crippen LogP contribution < -0.4 is 5.73 Å². The number of nitrogens with two attached hydrogens (primary N) is 1. The van der Waals surface area contributed by atoms with Gasteiger partial charge in [0.05, 0.1) is 12.2 Å². The van der Waals surface area contributed by atoms with Crippen LogP contribution in [0.15, 0.2) is 30.3 Å². The Balaban J connectivity index is 2.39. The molecule has 14 heavy (non-hydrogen) atoms. The molecule has 0 radical (unpaired) electrons. The maximum atomic E-state index is 9.71. The van der Waals surface area contributed by atoms with Crippen molar-refractivity contribution in [3.8, 4) is 0 Å². The average Bonchev–Trinajstić information content (AvgIpc) is 2.26. The molecule has 0 fully saturated rings. The van der Waals surface area contributed by atoms with E-state index in [1.807, 2.05) is 30.3 Å². The normalized spacial score (nSPS) is 15.1. The van der Waals surface area contributed by atoms with Crippen LogP contribution in [0.2, 0.25) is 0 Å². The molecule has 0 heterocycles. The highest BCUT2D eigenvalue weighted by Gasteiger charge is 2.09. The third-order valence-corrected chi connectivity index (χ3v) is 2.23. The summed E-state index contributed by atoms with van der Waals surface area (Å²) in [6, 6.07) is 9.43. The maximum absolute atomic E-state index is 9.71. The van der Waals surface area contributed by atoms with Gasteiger partial charge in [0.2, 0.25) is 0 Å². The van der Waals surface area contributed by atoms with Crippen molar-refractivity contribution in [1.29, 1.82) is 0 Å². The Morgan fingerprint density at radius 1 is 1.07 bits per heavy atom. The third kappa shape index (κ3) is 3.46. The van der Waals surface area contributed by atoms with E-state index in [1.165, 1.54) is 0 Å². The maximum Gasteiger partial charge on any atom is 0.0791 e. The smallest absolute Gasteiger partial charge is 0.0791 e. The molecule has 2 atom stereocenters. The molecule has 0 saturated heterocycles. The predicted octanol–water partition coefficient (Wildman–Crippen LogP) is 0.820. The van der Waals surface area contributed by atoms with Crippen LogP contribution >= 0.6 is 0 Å². The van der Waals surface area contributed by atoms with E-state index in [0.29, 0.717) is 12.8 Å². The van der Waals surface area contributed by atoms with Gasteiger partial charge in [-0.15, -0.1) is 0 Å². The fraction of sp³-hybridized carbons (Fsp3) is 0.455. The molecule has 0 saturated carbocycles. The molecule has 0 aliphatic carbocycles. The van der Waals surface area contributed by atoms with Crippen LogP contribution in [0.25, 0.3) is 0 Å². The Labute approximate surface area is 84.2 Å². The fourth-order valence-corrected chi connectivity index (χ4v) is 1.31. The van der Waals surface area contributed by atoms with Crippen molar-refractivity contribution in [1.82, 2.24) is 0 Å². The Kier molecular flexibility index (Phi) is 4.59. The van der Waals surface area contributed by atoms with E-state index in [2.05, 4.69) is 0 Å². The highest BCUT2D eigenvalue weighted by molar-refractivity contribution is 5.17. The summed E-state index contributed by atoms with van der Waals surface area (Å²) in [5.74, 6) is 0. The highest BCUT2D eigenvalue weighted by Crippen LogP contribution is 2.18. The van der Waals surface area contributed by atoms with Crippen molar-refractivity contribution in [3.63, 3.8) is 0 Å². The summed E-state index contributed by atoms with van der Waals surface area (Å²) in [5, 5.41) is 18.9. The van der Waals surface area contributed by atoms with E-state index in [-0.39, 0.29) is 6.54 Å². The number of hydrogen-bond donors (Lipinski definition) is 3. The van der Waals surface area contributed by atoms with Gasteiger partial charge in [0.1, 0.15) is 0 Å². The van der Waals surface area contributed by atoms with E-state index < -0.39 is 12.2 Å². The number of aliphatic hydroxyl groups is 2. The van der Waals surface area contributed by atoms with Crippen molar-refractivity contribution in [2.24, 2.45) is 5.73 Å². The van der Waals surface area contributed by atoms with Gasteiger partial charge in [0, 0.05) is 6.54 Å². The second-order valence-electron chi connectivity index (χ2n) is 3.39. The first-order chi connectivity index (χ1) is 6.74. The zero-order valence-corrected chi connectivity index (χ0v) is 8.13. The van der Waals surface area contributed by atoms with Crippen LogP contribution in [0, 0.1) is 0 Å². The van der Waals surface area contributed by atoms with Gasteiger partial charge in [-0.2, -0.15) is 0 Å². The molecule has 1 rings (SSSR count). The van der Waals surface area contributed by atoms with Crippen LogP contribution in [-0.2, 0) is 0 Å². The fourth-order valence-electron chi connectivity index (χ4n) is 1.31. The Hall–Kier alpha value is -0.900. The first kappa shape index (κ1) is 11.2. The Morgan fingerprint density at radius 3 is 2.29 bits per heavy atom. The van der Waals surface area contributed by atoms with Gasteiger partial charge in [-0.1, -0.05) is 30.3 Å². The summed E-state index contributed by atoms with van der Waals surface area (Å²) in [6.07, 6.45) is 0.0698. The standard InChI is InChI=1S/C11H17NO2/c12-8-10(13)6-7-11(14)9-4-2-1-3-5-9/h1-5,10-11,13-14H,6-8,12H2. The van der Waals surface area contributed by atoms with E-state index in [0.717, 1.165) is 5.56 Å². The van der Waals surface area contributed by atoms with Gasteiger partial charge in [0.25, 0.3) is 0 Å². The molecule has 0 amide bonds. The molecule has 4 N–H and O–H groups in total. The van der Waals surface area contributed by atoms with Crippen molar-refractivity contribution in [2.75, 3.05) is 6.54 Å². The lowest BCUT2D eigenvalue weighted by atomic mass is 10.0. The summed E-state index contributed by atoms with van der Waals surface area (Å²) in [7, 11) is 0. The van der Waals surface area contributed by atoms with Gasteiger partial charge in [-0.3, -0.25) is 0 Å². The van der Waals surface area contributed by atoms with Crippen molar-refractivity contribution in [3.05, 3.63) is 35.9 Å². The van der Waals surface area contributed by atoms with Gasteiger partial charge < -0.3 is 15.9 Å². The topological polar surface area (TPSA) is 66.5 Å².